The van der Waals surface area contributed by atoms with Gasteiger partial charge in [0.1, 0.15) is 5.60 Å². The van der Waals surface area contributed by atoms with Crippen LogP contribution >= 0.6 is 0 Å². The summed E-state index contributed by atoms with van der Waals surface area (Å²) in [6.45, 7) is 5.61. The van der Waals surface area contributed by atoms with Gasteiger partial charge in [-0.15, -0.1) is 0 Å². The molecule has 1 rings (SSSR count). The molecule has 1 aliphatic carbocycles. The standard InChI is InChI=1S/C12H22O3/c1-12(2,3)15-11(14)8-7-9-5-4-6-10(9)13/h9-10,13H,4-8H2,1-3H3/t9?,10-/m1/s1. The van der Waals surface area contributed by atoms with Crippen LogP contribution in [0.15, 0.2) is 0 Å². The van der Waals surface area contributed by atoms with Crippen LogP contribution in [-0.4, -0.2) is 22.8 Å². The third-order valence-electron chi connectivity index (χ3n) is 2.76. The lowest BCUT2D eigenvalue weighted by Gasteiger charge is -2.20. The van der Waals surface area contributed by atoms with Gasteiger partial charge >= 0.3 is 5.97 Å². The van der Waals surface area contributed by atoms with Gasteiger partial charge in [0, 0.05) is 6.42 Å². The summed E-state index contributed by atoms with van der Waals surface area (Å²) in [6.07, 6.45) is 4.01. The number of esters is 1. The zero-order valence-electron chi connectivity index (χ0n) is 9.95. The maximum absolute atomic E-state index is 11.4. The highest BCUT2D eigenvalue weighted by Crippen LogP contribution is 2.29. The van der Waals surface area contributed by atoms with Crippen molar-refractivity contribution in [2.75, 3.05) is 0 Å². The Balaban J connectivity index is 2.22. The number of aliphatic hydroxyl groups excluding tert-OH is 1. The monoisotopic (exact) mass is 214 g/mol. The van der Waals surface area contributed by atoms with Crippen molar-refractivity contribution >= 4 is 5.97 Å². The fraction of sp³-hybridized carbons (Fsp3) is 0.917. The van der Waals surface area contributed by atoms with Crippen LogP contribution < -0.4 is 0 Å². The predicted octanol–water partition coefficient (Wildman–Crippen LogP) is 2.27. The molecule has 0 saturated heterocycles. The van der Waals surface area contributed by atoms with Crippen LogP contribution in [0.5, 0.6) is 0 Å². The van der Waals surface area contributed by atoms with Crippen molar-refractivity contribution in [3.63, 3.8) is 0 Å². The van der Waals surface area contributed by atoms with Gasteiger partial charge in [-0.2, -0.15) is 0 Å². The number of aliphatic hydroxyl groups is 1. The van der Waals surface area contributed by atoms with E-state index in [-0.39, 0.29) is 12.1 Å². The highest BCUT2D eigenvalue weighted by molar-refractivity contribution is 5.69. The molecule has 1 saturated carbocycles. The quantitative estimate of drug-likeness (QED) is 0.733. The second-order valence-electron chi connectivity index (χ2n) is 5.38. The Morgan fingerprint density at radius 2 is 2.07 bits per heavy atom. The lowest BCUT2D eigenvalue weighted by molar-refractivity contribution is -0.155. The second-order valence-corrected chi connectivity index (χ2v) is 5.38. The topological polar surface area (TPSA) is 46.5 Å². The first kappa shape index (κ1) is 12.5. The highest BCUT2D eigenvalue weighted by Gasteiger charge is 2.26. The van der Waals surface area contributed by atoms with Crippen molar-refractivity contribution < 1.29 is 14.6 Å². The van der Waals surface area contributed by atoms with Gasteiger partial charge in [-0.05, 0) is 46.0 Å². The maximum Gasteiger partial charge on any atom is 0.306 e. The Labute approximate surface area is 91.8 Å². The lowest BCUT2D eigenvalue weighted by Crippen LogP contribution is -2.24. The van der Waals surface area contributed by atoms with Crippen LogP contribution in [0, 0.1) is 5.92 Å². The third kappa shape index (κ3) is 4.65. The minimum Gasteiger partial charge on any atom is -0.460 e. The van der Waals surface area contributed by atoms with Crippen molar-refractivity contribution in [2.45, 2.75) is 64.6 Å². The van der Waals surface area contributed by atoms with Crippen LogP contribution in [0.1, 0.15) is 52.9 Å². The first-order chi connectivity index (χ1) is 6.88. The molecule has 0 aromatic rings. The minimum absolute atomic E-state index is 0.151. The molecule has 88 valence electrons. The van der Waals surface area contributed by atoms with Gasteiger partial charge < -0.3 is 9.84 Å². The van der Waals surface area contributed by atoms with E-state index in [4.69, 9.17) is 4.74 Å². The summed E-state index contributed by atoms with van der Waals surface area (Å²) < 4.78 is 5.21. The average Bonchev–Trinajstić information content (AvgIpc) is 2.44. The number of hydrogen-bond donors (Lipinski definition) is 1. The molecule has 3 nitrogen and oxygen atoms in total. The molecule has 1 unspecified atom stereocenters. The van der Waals surface area contributed by atoms with Gasteiger partial charge in [0.15, 0.2) is 0 Å². The van der Waals surface area contributed by atoms with Crippen LogP contribution in [-0.2, 0) is 9.53 Å². The van der Waals surface area contributed by atoms with Crippen molar-refractivity contribution in [1.29, 1.82) is 0 Å². The zero-order chi connectivity index (χ0) is 11.5. The van der Waals surface area contributed by atoms with Crippen LogP contribution in [0.25, 0.3) is 0 Å². The summed E-state index contributed by atoms with van der Waals surface area (Å²) in [6, 6.07) is 0. The SMILES string of the molecule is CC(C)(C)OC(=O)CCC1CCC[C@H]1O. The Morgan fingerprint density at radius 3 is 2.53 bits per heavy atom. The molecule has 0 aliphatic heterocycles. The van der Waals surface area contributed by atoms with E-state index in [1.54, 1.807) is 0 Å². The Bertz CT molecular complexity index is 217. The van der Waals surface area contributed by atoms with Crippen molar-refractivity contribution in [3.8, 4) is 0 Å². The molecular formula is C12H22O3. The summed E-state index contributed by atoms with van der Waals surface area (Å²) >= 11 is 0. The fourth-order valence-electron chi connectivity index (χ4n) is 2.05. The molecule has 0 amide bonds. The molecular weight excluding hydrogens is 192 g/mol. The van der Waals surface area contributed by atoms with Gasteiger partial charge in [-0.1, -0.05) is 6.42 Å². The molecule has 2 atom stereocenters. The molecule has 0 aromatic heterocycles. The third-order valence-corrected chi connectivity index (χ3v) is 2.76. The van der Waals surface area contributed by atoms with Crippen LogP contribution in [0.2, 0.25) is 0 Å². The first-order valence-corrected chi connectivity index (χ1v) is 5.78. The molecule has 15 heavy (non-hydrogen) atoms. The summed E-state index contributed by atoms with van der Waals surface area (Å²) in [5.74, 6) is 0.152. The van der Waals surface area contributed by atoms with Gasteiger partial charge in [0.2, 0.25) is 0 Å². The zero-order valence-corrected chi connectivity index (χ0v) is 9.95. The van der Waals surface area contributed by atoms with E-state index >= 15 is 0 Å². The Hall–Kier alpha value is -0.570. The smallest absolute Gasteiger partial charge is 0.306 e. The van der Waals surface area contributed by atoms with Gasteiger partial charge in [-0.25, -0.2) is 0 Å². The van der Waals surface area contributed by atoms with Gasteiger partial charge in [0.25, 0.3) is 0 Å². The fourth-order valence-corrected chi connectivity index (χ4v) is 2.05. The van der Waals surface area contributed by atoms with E-state index in [2.05, 4.69) is 0 Å². The average molecular weight is 214 g/mol. The number of ether oxygens (including phenoxy) is 1. The van der Waals surface area contributed by atoms with Crippen molar-refractivity contribution in [1.82, 2.24) is 0 Å². The van der Waals surface area contributed by atoms with Gasteiger partial charge in [0.05, 0.1) is 6.10 Å². The highest BCUT2D eigenvalue weighted by atomic mass is 16.6. The van der Waals surface area contributed by atoms with Crippen molar-refractivity contribution in [2.24, 2.45) is 5.92 Å². The van der Waals surface area contributed by atoms with Crippen LogP contribution in [0.3, 0.4) is 0 Å². The first-order valence-electron chi connectivity index (χ1n) is 5.78. The van der Waals surface area contributed by atoms with E-state index in [1.807, 2.05) is 20.8 Å². The molecule has 3 heteroatoms. The van der Waals surface area contributed by atoms with E-state index in [0.717, 1.165) is 25.7 Å². The van der Waals surface area contributed by atoms with Gasteiger partial charge in [-0.3, -0.25) is 4.79 Å². The van der Waals surface area contributed by atoms with Crippen molar-refractivity contribution in [3.05, 3.63) is 0 Å². The normalized spacial score (nSPS) is 26.7. The van der Waals surface area contributed by atoms with E-state index in [0.29, 0.717) is 12.3 Å². The molecule has 0 bridgehead atoms. The molecule has 1 fully saturated rings. The summed E-state index contributed by atoms with van der Waals surface area (Å²) in [4.78, 5) is 11.4. The molecule has 1 aliphatic rings. The maximum atomic E-state index is 11.4. The summed E-state index contributed by atoms with van der Waals surface area (Å²) in [5, 5.41) is 9.58. The minimum atomic E-state index is -0.397. The Kier molecular flexibility index (Phi) is 4.14. The van der Waals surface area contributed by atoms with Crippen LogP contribution in [0.4, 0.5) is 0 Å². The van der Waals surface area contributed by atoms with E-state index in [1.165, 1.54) is 0 Å². The largest absolute Gasteiger partial charge is 0.460 e. The number of carbonyl (C=O) groups excluding carboxylic acids is 1. The number of rotatable bonds is 3. The van der Waals surface area contributed by atoms with E-state index < -0.39 is 5.60 Å². The molecule has 0 heterocycles. The molecule has 0 radical (unpaired) electrons. The second kappa shape index (κ2) is 4.97. The summed E-state index contributed by atoms with van der Waals surface area (Å²) in [5.41, 5.74) is -0.397. The number of hydrogen-bond acceptors (Lipinski definition) is 3. The Morgan fingerprint density at radius 1 is 1.40 bits per heavy atom. The molecule has 0 spiro atoms. The number of carbonyl (C=O) groups is 1. The van der Waals surface area contributed by atoms with E-state index in [9.17, 15) is 9.90 Å². The summed E-state index contributed by atoms with van der Waals surface area (Å²) in [7, 11) is 0. The lowest BCUT2D eigenvalue weighted by atomic mass is 10.00. The molecule has 1 N–H and O–H groups in total. The predicted molar refractivity (Wildman–Crippen MR) is 58.4 cm³/mol. The molecule has 0 aromatic carbocycles.